The van der Waals surface area contributed by atoms with Crippen LogP contribution < -0.4 is 10.5 Å². The van der Waals surface area contributed by atoms with E-state index < -0.39 is 0 Å². The van der Waals surface area contributed by atoms with E-state index in [2.05, 4.69) is 5.10 Å². The summed E-state index contributed by atoms with van der Waals surface area (Å²) in [6, 6.07) is 0.137. The molecule has 0 saturated heterocycles. The van der Waals surface area contributed by atoms with Crippen LogP contribution in [-0.4, -0.2) is 29.2 Å². The quantitative estimate of drug-likeness (QED) is 0.800. The van der Waals surface area contributed by atoms with Gasteiger partial charge in [-0.2, -0.15) is 5.10 Å². The topological polar surface area (TPSA) is 70.1 Å². The third-order valence-corrected chi connectivity index (χ3v) is 4.12. The lowest BCUT2D eigenvalue weighted by atomic mass is 9.66. The van der Waals surface area contributed by atoms with Gasteiger partial charge in [0.1, 0.15) is 5.69 Å². The number of carbonyl (C=O) groups excluding carboxylic acids is 1. The second kappa shape index (κ2) is 5.33. The van der Waals surface area contributed by atoms with Crippen molar-refractivity contribution in [3.63, 3.8) is 0 Å². The van der Waals surface area contributed by atoms with Crippen molar-refractivity contribution in [3.05, 3.63) is 11.9 Å². The average Bonchev–Trinajstić information content (AvgIpc) is 2.77. The monoisotopic (exact) mass is 265 g/mol. The predicted octanol–water partition coefficient (Wildman–Crippen LogP) is 2.17. The van der Waals surface area contributed by atoms with Gasteiger partial charge in [0.05, 0.1) is 13.3 Å². The molecule has 1 aromatic rings. The van der Waals surface area contributed by atoms with Crippen molar-refractivity contribution in [1.29, 1.82) is 0 Å². The molecule has 2 rings (SSSR count). The van der Waals surface area contributed by atoms with Crippen LogP contribution >= 0.6 is 0 Å². The standard InChI is InChI=1S/C14H23N3O2/c1-10(2)17-13(12(19-3)8-16-17)11(18)7-14(9-15)5-4-6-14/h8,10H,4-7,9,15H2,1-3H3. The van der Waals surface area contributed by atoms with Gasteiger partial charge in [0.15, 0.2) is 11.5 Å². The fourth-order valence-corrected chi connectivity index (χ4v) is 2.71. The number of carbonyl (C=O) groups is 1. The number of nitrogens with zero attached hydrogens (tertiary/aromatic N) is 2. The molecule has 1 heterocycles. The Morgan fingerprint density at radius 1 is 1.58 bits per heavy atom. The fourth-order valence-electron chi connectivity index (χ4n) is 2.71. The molecule has 0 aromatic carbocycles. The van der Waals surface area contributed by atoms with Gasteiger partial charge in [-0.25, -0.2) is 0 Å². The van der Waals surface area contributed by atoms with Crippen molar-refractivity contribution in [2.75, 3.05) is 13.7 Å². The summed E-state index contributed by atoms with van der Waals surface area (Å²) in [4.78, 5) is 12.6. The van der Waals surface area contributed by atoms with Gasteiger partial charge in [-0.05, 0) is 38.6 Å². The highest BCUT2D eigenvalue weighted by atomic mass is 16.5. The summed E-state index contributed by atoms with van der Waals surface area (Å²) in [5.41, 5.74) is 6.42. The highest BCUT2D eigenvalue weighted by Gasteiger charge is 2.39. The van der Waals surface area contributed by atoms with Gasteiger partial charge in [0.25, 0.3) is 0 Å². The highest BCUT2D eigenvalue weighted by molar-refractivity contribution is 5.97. The van der Waals surface area contributed by atoms with Crippen LogP contribution in [0.4, 0.5) is 0 Å². The number of methoxy groups -OCH3 is 1. The van der Waals surface area contributed by atoms with Crippen molar-refractivity contribution in [1.82, 2.24) is 9.78 Å². The Balaban J connectivity index is 2.25. The summed E-state index contributed by atoms with van der Waals surface area (Å²) in [5, 5.41) is 4.25. The van der Waals surface area contributed by atoms with Crippen LogP contribution in [0.3, 0.4) is 0 Å². The number of hydrogen-bond acceptors (Lipinski definition) is 4. The second-order valence-corrected chi connectivity index (χ2v) is 5.76. The molecular weight excluding hydrogens is 242 g/mol. The molecule has 19 heavy (non-hydrogen) atoms. The van der Waals surface area contributed by atoms with Crippen molar-refractivity contribution >= 4 is 5.78 Å². The molecule has 1 aliphatic rings. The predicted molar refractivity (Wildman–Crippen MR) is 73.4 cm³/mol. The first-order valence-corrected chi connectivity index (χ1v) is 6.88. The fraction of sp³-hybridized carbons (Fsp3) is 0.714. The van der Waals surface area contributed by atoms with Crippen LogP contribution in [0, 0.1) is 5.41 Å². The Bertz CT molecular complexity index is 456. The lowest BCUT2D eigenvalue weighted by Crippen LogP contribution is -2.39. The number of aromatic nitrogens is 2. The zero-order valence-corrected chi connectivity index (χ0v) is 12.0. The minimum atomic E-state index is 0.00811. The third-order valence-electron chi connectivity index (χ3n) is 4.12. The van der Waals surface area contributed by atoms with E-state index in [1.54, 1.807) is 18.0 Å². The molecule has 0 radical (unpaired) electrons. The molecule has 0 spiro atoms. The number of rotatable bonds is 6. The lowest BCUT2D eigenvalue weighted by Gasteiger charge is -2.40. The molecule has 106 valence electrons. The Morgan fingerprint density at radius 3 is 2.68 bits per heavy atom. The molecule has 2 N–H and O–H groups in total. The first kappa shape index (κ1) is 14.1. The molecule has 1 fully saturated rings. The molecule has 5 heteroatoms. The number of ketones is 1. The number of hydrogen-bond donors (Lipinski definition) is 1. The van der Waals surface area contributed by atoms with E-state index in [1.165, 1.54) is 6.42 Å². The lowest BCUT2D eigenvalue weighted by molar-refractivity contribution is 0.0771. The summed E-state index contributed by atoms with van der Waals surface area (Å²) < 4.78 is 7.00. The minimum absolute atomic E-state index is 0.00811. The Kier molecular flexibility index (Phi) is 3.94. The molecule has 0 atom stereocenters. The van der Waals surface area contributed by atoms with Crippen molar-refractivity contribution < 1.29 is 9.53 Å². The largest absolute Gasteiger partial charge is 0.493 e. The van der Waals surface area contributed by atoms with Gasteiger partial charge in [0.2, 0.25) is 0 Å². The number of nitrogens with two attached hydrogens (primary N) is 1. The molecule has 5 nitrogen and oxygen atoms in total. The zero-order valence-electron chi connectivity index (χ0n) is 12.0. The SMILES string of the molecule is COc1cnn(C(C)C)c1C(=O)CC1(CN)CCC1. The van der Waals surface area contributed by atoms with Gasteiger partial charge in [-0.15, -0.1) is 0 Å². The van der Waals surface area contributed by atoms with E-state index in [0.717, 1.165) is 12.8 Å². The van der Waals surface area contributed by atoms with Crippen LogP contribution in [-0.2, 0) is 0 Å². The van der Waals surface area contributed by atoms with Crippen LogP contribution in [0.1, 0.15) is 56.1 Å². The molecule has 1 aliphatic carbocycles. The van der Waals surface area contributed by atoms with Gasteiger partial charge in [0, 0.05) is 12.5 Å². The molecule has 1 saturated carbocycles. The first-order chi connectivity index (χ1) is 9.03. The maximum atomic E-state index is 12.6. The third kappa shape index (κ3) is 2.52. The van der Waals surface area contributed by atoms with E-state index >= 15 is 0 Å². The van der Waals surface area contributed by atoms with E-state index in [9.17, 15) is 4.79 Å². The van der Waals surface area contributed by atoms with Gasteiger partial charge in [-0.1, -0.05) is 6.42 Å². The van der Waals surface area contributed by atoms with E-state index in [-0.39, 0.29) is 17.2 Å². The average molecular weight is 265 g/mol. The van der Waals surface area contributed by atoms with Crippen LogP contribution in [0.25, 0.3) is 0 Å². The summed E-state index contributed by atoms with van der Waals surface area (Å²) in [6.07, 6.45) is 5.38. The van der Waals surface area contributed by atoms with Crippen molar-refractivity contribution in [2.45, 2.75) is 45.6 Å². The molecule has 0 aliphatic heterocycles. The minimum Gasteiger partial charge on any atom is -0.493 e. The first-order valence-electron chi connectivity index (χ1n) is 6.88. The molecule has 0 bridgehead atoms. The highest BCUT2D eigenvalue weighted by Crippen LogP contribution is 2.44. The zero-order chi connectivity index (χ0) is 14.0. The second-order valence-electron chi connectivity index (χ2n) is 5.76. The Hall–Kier alpha value is -1.36. The van der Waals surface area contributed by atoms with Crippen LogP contribution in [0.5, 0.6) is 5.75 Å². The van der Waals surface area contributed by atoms with Gasteiger partial charge in [-0.3, -0.25) is 9.48 Å². The summed E-state index contributed by atoms with van der Waals surface area (Å²) in [6.45, 7) is 4.59. The van der Waals surface area contributed by atoms with Crippen molar-refractivity contribution in [2.24, 2.45) is 11.1 Å². The summed E-state index contributed by atoms with van der Waals surface area (Å²) in [7, 11) is 1.57. The van der Waals surface area contributed by atoms with E-state index in [4.69, 9.17) is 10.5 Å². The van der Waals surface area contributed by atoms with E-state index in [1.807, 2.05) is 13.8 Å². The molecular formula is C14H23N3O2. The van der Waals surface area contributed by atoms with Crippen molar-refractivity contribution in [3.8, 4) is 5.75 Å². The molecule has 1 aromatic heterocycles. The van der Waals surface area contributed by atoms with Crippen LogP contribution in [0.2, 0.25) is 0 Å². The number of Topliss-reactive ketones (excluding diaryl/α,β-unsaturated/α-hetero) is 1. The van der Waals surface area contributed by atoms with E-state index in [0.29, 0.717) is 24.4 Å². The Morgan fingerprint density at radius 2 is 2.26 bits per heavy atom. The summed E-state index contributed by atoms with van der Waals surface area (Å²) in [5.74, 6) is 0.651. The van der Waals surface area contributed by atoms with Gasteiger partial charge < -0.3 is 10.5 Å². The maximum Gasteiger partial charge on any atom is 0.185 e. The molecule has 0 unspecified atom stereocenters. The number of ether oxygens (including phenoxy) is 1. The maximum absolute atomic E-state index is 12.6. The van der Waals surface area contributed by atoms with Crippen LogP contribution in [0.15, 0.2) is 6.20 Å². The summed E-state index contributed by atoms with van der Waals surface area (Å²) >= 11 is 0. The Labute approximate surface area is 114 Å². The molecule has 0 amide bonds. The van der Waals surface area contributed by atoms with Gasteiger partial charge >= 0.3 is 0 Å². The normalized spacial score (nSPS) is 17.3. The smallest absolute Gasteiger partial charge is 0.185 e.